The first kappa shape index (κ1) is 26.3. The van der Waals surface area contributed by atoms with Crippen LogP contribution in [-0.2, 0) is 16.1 Å². The summed E-state index contributed by atoms with van der Waals surface area (Å²) in [6.45, 7) is 4.41. The zero-order valence-electron chi connectivity index (χ0n) is 20.0. The Hall–Kier alpha value is -2.75. The lowest BCUT2D eigenvalue weighted by atomic mass is 9.95. The molecule has 0 bridgehead atoms. The Morgan fingerprint density at radius 2 is 2.06 bits per heavy atom. The number of fused-ring (bicyclic) bond motifs is 1. The predicted octanol–water partition coefficient (Wildman–Crippen LogP) is 6.57. The molecule has 1 aliphatic rings. The molecule has 36 heavy (non-hydrogen) atoms. The molecule has 0 amide bonds. The van der Waals surface area contributed by atoms with E-state index in [0.717, 1.165) is 24.0 Å². The number of rotatable bonds is 9. The normalized spacial score (nSPS) is 14.8. The predicted molar refractivity (Wildman–Crippen MR) is 142 cm³/mol. The van der Waals surface area contributed by atoms with Gasteiger partial charge in [0, 0.05) is 21.3 Å². The summed E-state index contributed by atoms with van der Waals surface area (Å²) in [5.74, 6) is 1.08. The summed E-state index contributed by atoms with van der Waals surface area (Å²) in [7, 11) is 1.55. The van der Waals surface area contributed by atoms with Gasteiger partial charge in [-0.05, 0) is 59.1 Å². The topological polar surface area (TPSA) is 87.5 Å². The molecule has 1 N–H and O–H groups in total. The zero-order valence-corrected chi connectivity index (χ0v) is 23.1. The monoisotopic (exact) mass is 594 g/mol. The van der Waals surface area contributed by atoms with Gasteiger partial charge in [-0.1, -0.05) is 42.6 Å². The van der Waals surface area contributed by atoms with Crippen molar-refractivity contribution in [2.75, 3.05) is 19.0 Å². The van der Waals surface area contributed by atoms with Gasteiger partial charge in [-0.15, -0.1) is 0 Å². The molecule has 2 heterocycles. The number of carbonyl (C=O) groups is 1. The van der Waals surface area contributed by atoms with Crippen LogP contribution in [0, 0.1) is 0 Å². The maximum absolute atomic E-state index is 13.1. The fraction of sp³-hybridized carbons (Fsp3) is 0.320. The van der Waals surface area contributed by atoms with Crippen LogP contribution in [0.2, 0.25) is 10.0 Å². The fourth-order valence-corrected chi connectivity index (χ4v) is 4.91. The molecule has 0 saturated heterocycles. The highest BCUT2D eigenvalue weighted by atomic mass is 79.9. The number of nitrogens with zero attached hydrogens (tertiary/aromatic N) is 3. The molecular weight excluding hydrogens is 571 g/mol. The third-order valence-electron chi connectivity index (χ3n) is 5.70. The van der Waals surface area contributed by atoms with Crippen LogP contribution in [0.1, 0.15) is 43.9 Å². The summed E-state index contributed by atoms with van der Waals surface area (Å²) in [5.41, 5.74) is 2.61. The van der Waals surface area contributed by atoms with Crippen LogP contribution in [0.4, 0.5) is 5.95 Å². The number of ether oxygens (including phenoxy) is 3. The molecule has 1 atom stereocenters. The van der Waals surface area contributed by atoms with Gasteiger partial charge in [-0.3, -0.25) is 0 Å². The quantitative estimate of drug-likeness (QED) is 0.221. The number of esters is 1. The Bertz CT molecular complexity index is 1310. The van der Waals surface area contributed by atoms with Gasteiger partial charge < -0.3 is 19.5 Å². The molecule has 0 radical (unpaired) electrons. The molecule has 8 nitrogen and oxygen atoms in total. The molecule has 1 aliphatic heterocycles. The summed E-state index contributed by atoms with van der Waals surface area (Å²) >= 11 is 15.9. The standard InChI is InChI=1S/C25H25BrCl2N4O4/c1-4-5-8-35-24(33)21-14(2)31-25-29-13-30-32(25)22(21)16-9-18(26)23(20(10-16)34-3)36-12-15-6-7-17(27)11-19(15)28/h6-7,9-11,13,22H,4-5,8,12H2,1-3H3,(H,29,30,31). The van der Waals surface area contributed by atoms with Crippen molar-refractivity contribution in [2.45, 2.75) is 39.3 Å². The number of anilines is 1. The first-order valence-corrected chi connectivity index (χ1v) is 12.9. The Labute approximate surface area is 227 Å². The van der Waals surface area contributed by atoms with Crippen LogP contribution in [0.3, 0.4) is 0 Å². The molecule has 0 fully saturated rings. The number of hydrogen-bond acceptors (Lipinski definition) is 7. The highest BCUT2D eigenvalue weighted by molar-refractivity contribution is 9.10. The first-order chi connectivity index (χ1) is 17.3. The number of benzene rings is 2. The average molecular weight is 596 g/mol. The van der Waals surface area contributed by atoms with Crippen molar-refractivity contribution in [3.8, 4) is 11.5 Å². The van der Waals surface area contributed by atoms with E-state index in [1.165, 1.54) is 6.33 Å². The van der Waals surface area contributed by atoms with E-state index in [0.29, 0.717) is 49.8 Å². The molecule has 11 heteroatoms. The van der Waals surface area contributed by atoms with E-state index in [1.54, 1.807) is 23.9 Å². The summed E-state index contributed by atoms with van der Waals surface area (Å²) in [6, 6.07) is 8.34. The maximum atomic E-state index is 13.1. The Morgan fingerprint density at radius 1 is 1.25 bits per heavy atom. The Kier molecular flexibility index (Phi) is 8.43. The highest BCUT2D eigenvalue weighted by Gasteiger charge is 2.35. The van der Waals surface area contributed by atoms with E-state index < -0.39 is 12.0 Å². The van der Waals surface area contributed by atoms with Gasteiger partial charge in [0.15, 0.2) is 11.5 Å². The number of allylic oxidation sites excluding steroid dienone is 1. The second-order valence-electron chi connectivity index (χ2n) is 8.14. The largest absolute Gasteiger partial charge is 0.493 e. The highest BCUT2D eigenvalue weighted by Crippen LogP contribution is 2.43. The number of nitrogens with one attached hydrogen (secondary N) is 1. The second kappa shape index (κ2) is 11.5. The van der Waals surface area contributed by atoms with Gasteiger partial charge in [0.2, 0.25) is 5.95 Å². The molecule has 3 aromatic rings. The van der Waals surface area contributed by atoms with Crippen molar-refractivity contribution in [2.24, 2.45) is 0 Å². The number of hydrogen-bond donors (Lipinski definition) is 1. The van der Waals surface area contributed by atoms with Crippen molar-refractivity contribution in [1.29, 1.82) is 0 Å². The number of halogens is 3. The van der Waals surface area contributed by atoms with Gasteiger partial charge in [-0.2, -0.15) is 10.1 Å². The molecule has 1 unspecified atom stereocenters. The van der Waals surface area contributed by atoms with Crippen LogP contribution < -0.4 is 14.8 Å². The lowest BCUT2D eigenvalue weighted by molar-refractivity contribution is -0.139. The van der Waals surface area contributed by atoms with E-state index in [-0.39, 0.29) is 6.61 Å². The molecule has 0 aliphatic carbocycles. The number of methoxy groups -OCH3 is 1. The van der Waals surface area contributed by atoms with E-state index in [4.69, 9.17) is 37.4 Å². The van der Waals surface area contributed by atoms with Gasteiger partial charge in [0.25, 0.3) is 0 Å². The van der Waals surface area contributed by atoms with Crippen molar-refractivity contribution < 1.29 is 19.0 Å². The summed E-state index contributed by atoms with van der Waals surface area (Å²) in [5, 5.41) is 8.57. The first-order valence-electron chi connectivity index (χ1n) is 11.3. The van der Waals surface area contributed by atoms with Gasteiger partial charge in [0.1, 0.15) is 19.0 Å². The van der Waals surface area contributed by atoms with Crippen LogP contribution >= 0.6 is 39.1 Å². The third-order valence-corrected chi connectivity index (χ3v) is 6.88. The SMILES string of the molecule is CCCCOC(=O)C1=C(C)Nc2ncnn2C1c1cc(Br)c(OCc2ccc(Cl)cc2Cl)c(OC)c1. The lowest BCUT2D eigenvalue weighted by Gasteiger charge is -2.29. The van der Waals surface area contributed by atoms with Crippen LogP contribution in [0.5, 0.6) is 11.5 Å². The number of unbranched alkanes of at least 4 members (excludes halogenated alkanes) is 1. The molecule has 190 valence electrons. The van der Waals surface area contributed by atoms with Crippen molar-refractivity contribution in [1.82, 2.24) is 14.8 Å². The van der Waals surface area contributed by atoms with E-state index in [9.17, 15) is 4.79 Å². The molecule has 0 spiro atoms. The smallest absolute Gasteiger partial charge is 0.338 e. The summed E-state index contributed by atoms with van der Waals surface area (Å²) < 4.78 is 19.6. The van der Waals surface area contributed by atoms with Gasteiger partial charge >= 0.3 is 5.97 Å². The average Bonchev–Trinajstić information content (AvgIpc) is 3.31. The molecule has 0 saturated carbocycles. The minimum absolute atomic E-state index is 0.207. The van der Waals surface area contributed by atoms with Crippen LogP contribution in [0.15, 0.2) is 52.4 Å². The Balaban J connectivity index is 1.69. The van der Waals surface area contributed by atoms with Gasteiger partial charge in [0.05, 0.1) is 23.8 Å². The van der Waals surface area contributed by atoms with E-state index in [2.05, 4.69) is 31.3 Å². The van der Waals surface area contributed by atoms with Gasteiger partial charge in [-0.25, -0.2) is 9.48 Å². The van der Waals surface area contributed by atoms with Crippen molar-refractivity contribution in [3.05, 3.63) is 73.6 Å². The van der Waals surface area contributed by atoms with E-state index in [1.807, 2.05) is 32.0 Å². The number of aromatic nitrogens is 3. The second-order valence-corrected chi connectivity index (χ2v) is 9.84. The molecule has 1 aromatic heterocycles. The van der Waals surface area contributed by atoms with Crippen molar-refractivity contribution >= 4 is 51.0 Å². The summed E-state index contributed by atoms with van der Waals surface area (Å²) in [6.07, 6.45) is 3.15. The van der Waals surface area contributed by atoms with E-state index >= 15 is 0 Å². The maximum Gasteiger partial charge on any atom is 0.338 e. The minimum Gasteiger partial charge on any atom is -0.493 e. The number of carbonyl (C=O) groups excluding carboxylic acids is 1. The van der Waals surface area contributed by atoms with Crippen molar-refractivity contribution in [3.63, 3.8) is 0 Å². The van der Waals surface area contributed by atoms with Crippen LogP contribution in [-0.4, -0.2) is 34.5 Å². The molecular formula is C25H25BrCl2N4O4. The molecule has 4 rings (SSSR count). The minimum atomic E-state index is -0.581. The zero-order chi connectivity index (χ0) is 25.8. The molecule has 2 aromatic carbocycles. The Morgan fingerprint density at radius 3 is 2.78 bits per heavy atom. The lowest BCUT2D eigenvalue weighted by Crippen LogP contribution is -2.30. The van der Waals surface area contributed by atoms with Crippen LogP contribution in [0.25, 0.3) is 0 Å². The fourth-order valence-electron chi connectivity index (χ4n) is 3.88. The summed E-state index contributed by atoms with van der Waals surface area (Å²) in [4.78, 5) is 17.4. The third kappa shape index (κ3) is 5.48.